The quantitative estimate of drug-likeness (QED) is 0.744. The number of carbonyl (C=O) groups is 2. The van der Waals surface area contributed by atoms with Crippen LogP contribution in [0, 0.1) is 0 Å². The largest absolute Gasteiger partial charge is 0.374 e. The Kier molecular flexibility index (Phi) is 4.53. The van der Waals surface area contributed by atoms with Crippen LogP contribution >= 0.6 is 46.4 Å². The molecule has 4 nitrogen and oxygen atoms in total. The van der Waals surface area contributed by atoms with Crippen molar-refractivity contribution in [2.24, 2.45) is 0 Å². The van der Waals surface area contributed by atoms with Crippen LogP contribution in [0.25, 0.3) is 0 Å². The first kappa shape index (κ1) is 17.5. The van der Waals surface area contributed by atoms with E-state index in [1.165, 1.54) is 30.3 Å². The molecule has 2 aromatic carbocycles. The second-order valence-corrected chi connectivity index (χ2v) is 6.92. The second-order valence-electron chi connectivity index (χ2n) is 5.29. The van der Waals surface area contributed by atoms with Crippen LogP contribution in [-0.2, 0) is 15.2 Å². The molecule has 0 bridgehead atoms. The first-order chi connectivity index (χ1) is 11.3. The fourth-order valence-electron chi connectivity index (χ4n) is 2.79. The van der Waals surface area contributed by atoms with E-state index in [0.29, 0.717) is 11.8 Å². The number of halogens is 4. The van der Waals surface area contributed by atoms with Crippen molar-refractivity contribution in [1.29, 1.82) is 0 Å². The molecule has 1 aliphatic rings. The number of fused-ring (bicyclic) bond motifs is 1. The van der Waals surface area contributed by atoms with Gasteiger partial charge >= 0.3 is 0 Å². The van der Waals surface area contributed by atoms with Crippen molar-refractivity contribution < 1.29 is 14.7 Å². The minimum absolute atomic E-state index is 0.0600. The monoisotopic (exact) mass is 403 g/mol. The molecule has 0 saturated heterocycles. The Morgan fingerprint density at radius 1 is 1.00 bits per heavy atom. The van der Waals surface area contributed by atoms with Crippen molar-refractivity contribution >= 4 is 64.3 Å². The van der Waals surface area contributed by atoms with Crippen molar-refractivity contribution in [2.75, 3.05) is 5.32 Å². The lowest BCUT2D eigenvalue weighted by molar-refractivity contribution is -0.139. The summed E-state index contributed by atoms with van der Waals surface area (Å²) in [5.41, 5.74) is -1.65. The Morgan fingerprint density at radius 3 is 2.25 bits per heavy atom. The molecule has 2 unspecified atom stereocenters. The summed E-state index contributed by atoms with van der Waals surface area (Å²) in [6, 6.07) is 7.35. The number of benzene rings is 2. The highest BCUT2D eigenvalue weighted by Crippen LogP contribution is 2.50. The van der Waals surface area contributed by atoms with E-state index in [4.69, 9.17) is 46.4 Å². The fourth-order valence-corrected chi connectivity index (χ4v) is 3.60. The van der Waals surface area contributed by atoms with Crippen molar-refractivity contribution in [3.8, 4) is 0 Å². The van der Waals surface area contributed by atoms with Gasteiger partial charge in [-0.05, 0) is 29.8 Å². The molecule has 1 heterocycles. The van der Waals surface area contributed by atoms with E-state index in [0.717, 1.165) is 0 Å². The van der Waals surface area contributed by atoms with Crippen molar-refractivity contribution in [3.63, 3.8) is 0 Å². The number of aliphatic hydroxyl groups is 1. The standard InChI is InChI=1S/C16H9Cl4NO3/c17-9-2-1-7(5-12(9)20)8(6-22)16(24)13-10(18)3-4-11(19)14(13)21-15(16)23/h1-6,8,24H,(H,21,23). The third-order valence-electron chi connectivity index (χ3n) is 3.96. The number of anilines is 1. The summed E-state index contributed by atoms with van der Waals surface area (Å²) in [6.07, 6.45) is 0.464. The minimum atomic E-state index is -2.21. The van der Waals surface area contributed by atoms with Gasteiger partial charge in [0.2, 0.25) is 0 Å². The summed E-state index contributed by atoms with van der Waals surface area (Å²) in [5.74, 6) is -2.04. The summed E-state index contributed by atoms with van der Waals surface area (Å²) in [7, 11) is 0. The van der Waals surface area contributed by atoms with E-state index in [9.17, 15) is 14.7 Å². The van der Waals surface area contributed by atoms with Gasteiger partial charge in [-0.1, -0.05) is 52.5 Å². The molecule has 1 aliphatic heterocycles. The summed E-state index contributed by atoms with van der Waals surface area (Å²) >= 11 is 24.1. The van der Waals surface area contributed by atoms with Crippen molar-refractivity contribution in [1.82, 2.24) is 0 Å². The van der Waals surface area contributed by atoms with E-state index < -0.39 is 17.4 Å². The Balaban J connectivity index is 2.23. The Hall–Kier alpha value is -1.30. The molecule has 0 radical (unpaired) electrons. The topological polar surface area (TPSA) is 66.4 Å². The zero-order chi connectivity index (χ0) is 17.6. The maximum Gasteiger partial charge on any atom is 0.262 e. The van der Waals surface area contributed by atoms with Crippen LogP contribution in [-0.4, -0.2) is 17.3 Å². The van der Waals surface area contributed by atoms with E-state index in [1.54, 1.807) is 0 Å². The van der Waals surface area contributed by atoms with Gasteiger partial charge in [0.15, 0.2) is 5.60 Å². The molecule has 8 heteroatoms. The van der Waals surface area contributed by atoms with E-state index in [1.807, 2.05) is 0 Å². The van der Waals surface area contributed by atoms with Crippen LogP contribution in [0.5, 0.6) is 0 Å². The molecule has 0 saturated carbocycles. The summed E-state index contributed by atoms with van der Waals surface area (Å²) in [5, 5.41) is 14.4. The number of hydrogen-bond acceptors (Lipinski definition) is 3. The lowest BCUT2D eigenvalue weighted by Crippen LogP contribution is -2.41. The molecule has 2 aromatic rings. The molecule has 2 atom stereocenters. The smallest absolute Gasteiger partial charge is 0.262 e. The Bertz CT molecular complexity index is 871. The molecular formula is C16H9Cl4NO3. The Morgan fingerprint density at radius 2 is 1.62 bits per heavy atom. The van der Waals surface area contributed by atoms with Crippen molar-refractivity contribution in [3.05, 3.63) is 61.5 Å². The first-order valence-corrected chi connectivity index (χ1v) is 8.24. The molecule has 0 aliphatic carbocycles. The number of rotatable bonds is 3. The van der Waals surface area contributed by atoms with Gasteiger partial charge in [0.1, 0.15) is 6.29 Å². The summed E-state index contributed by atoms with van der Waals surface area (Å²) in [4.78, 5) is 24.2. The average molecular weight is 405 g/mol. The number of carbonyl (C=O) groups excluding carboxylic acids is 2. The van der Waals surface area contributed by atoms with Gasteiger partial charge in [-0.2, -0.15) is 0 Å². The average Bonchev–Trinajstić information content (AvgIpc) is 2.81. The van der Waals surface area contributed by atoms with Gasteiger partial charge in [-0.15, -0.1) is 0 Å². The van der Waals surface area contributed by atoms with Gasteiger partial charge in [-0.3, -0.25) is 4.79 Å². The predicted molar refractivity (Wildman–Crippen MR) is 94.3 cm³/mol. The highest BCUT2D eigenvalue weighted by molar-refractivity contribution is 6.42. The predicted octanol–water partition coefficient (Wildman–Crippen LogP) is 4.42. The van der Waals surface area contributed by atoms with E-state index in [-0.39, 0.29) is 31.3 Å². The van der Waals surface area contributed by atoms with Crippen molar-refractivity contribution in [2.45, 2.75) is 11.5 Å². The molecule has 2 N–H and O–H groups in total. The molecule has 0 spiro atoms. The normalized spacial score (nSPS) is 20.5. The van der Waals surface area contributed by atoms with Crippen LogP contribution in [0.2, 0.25) is 20.1 Å². The summed E-state index contributed by atoms with van der Waals surface area (Å²) in [6.45, 7) is 0. The van der Waals surface area contributed by atoms with Gasteiger partial charge in [0, 0.05) is 10.6 Å². The number of nitrogens with one attached hydrogen (secondary N) is 1. The zero-order valence-electron chi connectivity index (χ0n) is 11.8. The highest BCUT2D eigenvalue weighted by Gasteiger charge is 2.53. The lowest BCUT2D eigenvalue weighted by Gasteiger charge is -2.28. The highest BCUT2D eigenvalue weighted by atomic mass is 35.5. The molecule has 24 heavy (non-hydrogen) atoms. The third-order valence-corrected chi connectivity index (χ3v) is 5.33. The zero-order valence-corrected chi connectivity index (χ0v) is 14.8. The van der Waals surface area contributed by atoms with Crippen LogP contribution < -0.4 is 5.32 Å². The SMILES string of the molecule is O=CC(c1ccc(Cl)c(Cl)c1)C1(O)C(=O)Nc2c(Cl)ccc(Cl)c21. The number of hydrogen-bond donors (Lipinski definition) is 2. The van der Waals surface area contributed by atoms with Gasteiger partial charge in [0.25, 0.3) is 5.91 Å². The number of aldehydes is 1. The summed E-state index contributed by atoms with van der Waals surface area (Å²) < 4.78 is 0. The first-order valence-electron chi connectivity index (χ1n) is 6.73. The lowest BCUT2D eigenvalue weighted by atomic mass is 9.79. The Labute approximate surface area is 157 Å². The molecule has 0 fully saturated rings. The van der Waals surface area contributed by atoms with Crippen LogP contribution in [0.1, 0.15) is 17.0 Å². The molecule has 0 aromatic heterocycles. The third kappa shape index (κ3) is 2.50. The molecule has 124 valence electrons. The van der Waals surface area contributed by atoms with E-state index >= 15 is 0 Å². The van der Waals surface area contributed by atoms with Gasteiger partial charge < -0.3 is 15.2 Å². The van der Waals surface area contributed by atoms with Gasteiger partial charge in [0.05, 0.1) is 26.7 Å². The maximum absolute atomic E-state index is 12.5. The van der Waals surface area contributed by atoms with Gasteiger partial charge in [-0.25, -0.2) is 0 Å². The van der Waals surface area contributed by atoms with Crippen LogP contribution in [0.4, 0.5) is 5.69 Å². The van der Waals surface area contributed by atoms with Crippen LogP contribution in [0.15, 0.2) is 30.3 Å². The molecular weight excluding hydrogens is 396 g/mol. The fraction of sp³-hybridized carbons (Fsp3) is 0.125. The minimum Gasteiger partial charge on any atom is -0.374 e. The molecule has 1 amide bonds. The van der Waals surface area contributed by atoms with Crippen LogP contribution in [0.3, 0.4) is 0 Å². The van der Waals surface area contributed by atoms with E-state index in [2.05, 4.69) is 5.32 Å². The number of amides is 1. The maximum atomic E-state index is 12.5. The molecule has 3 rings (SSSR count). The second kappa shape index (κ2) is 6.21.